The summed E-state index contributed by atoms with van der Waals surface area (Å²) in [6.07, 6.45) is -4.61. The number of nitriles is 1. The van der Waals surface area contributed by atoms with Gasteiger partial charge in [-0.25, -0.2) is 0 Å². The Hall–Kier alpha value is -2.19. The summed E-state index contributed by atoms with van der Waals surface area (Å²) in [4.78, 5) is 0. The van der Waals surface area contributed by atoms with Gasteiger partial charge < -0.3 is 4.74 Å². The minimum absolute atomic E-state index is 0.0152. The molecule has 0 heterocycles. The summed E-state index contributed by atoms with van der Waals surface area (Å²) >= 11 is 5.76. The minimum atomic E-state index is -4.61. The first-order valence-electron chi connectivity index (χ1n) is 5.45. The zero-order chi connectivity index (χ0) is 14.8. The van der Waals surface area contributed by atoms with Crippen molar-refractivity contribution in [2.24, 2.45) is 0 Å². The van der Waals surface area contributed by atoms with Gasteiger partial charge >= 0.3 is 6.18 Å². The van der Waals surface area contributed by atoms with E-state index in [-0.39, 0.29) is 5.75 Å². The van der Waals surface area contributed by atoms with E-state index in [4.69, 9.17) is 21.6 Å². The summed E-state index contributed by atoms with van der Waals surface area (Å²) in [6, 6.07) is 11.0. The maximum absolute atomic E-state index is 12.8. The molecular weight excluding hydrogens is 291 g/mol. The van der Waals surface area contributed by atoms with Gasteiger partial charge in [-0.2, -0.15) is 18.4 Å². The number of nitrogens with zero attached hydrogens (tertiary/aromatic N) is 1. The molecule has 0 aromatic heterocycles. The average Bonchev–Trinajstić information content (AvgIpc) is 2.37. The van der Waals surface area contributed by atoms with Crippen LogP contribution in [0.4, 0.5) is 13.2 Å². The van der Waals surface area contributed by atoms with Crippen LogP contribution in [-0.4, -0.2) is 0 Å². The van der Waals surface area contributed by atoms with E-state index in [1.165, 1.54) is 18.2 Å². The van der Waals surface area contributed by atoms with Crippen LogP contribution in [0.3, 0.4) is 0 Å². The van der Waals surface area contributed by atoms with Crippen LogP contribution in [0.2, 0.25) is 5.02 Å². The topological polar surface area (TPSA) is 33.0 Å². The Balaban J connectivity index is 2.37. The Bertz CT molecular complexity index is 677. The number of halogens is 4. The molecule has 2 aromatic rings. The smallest absolute Gasteiger partial charge is 0.417 e. The van der Waals surface area contributed by atoms with Crippen molar-refractivity contribution in [3.05, 3.63) is 58.6 Å². The summed E-state index contributed by atoms with van der Waals surface area (Å²) in [5.41, 5.74) is -1.48. The molecule has 20 heavy (non-hydrogen) atoms. The van der Waals surface area contributed by atoms with Crippen molar-refractivity contribution in [3.8, 4) is 17.6 Å². The Morgan fingerprint density at radius 3 is 2.35 bits per heavy atom. The van der Waals surface area contributed by atoms with Crippen molar-refractivity contribution in [1.29, 1.82) is 5.26 Å². The molecule has 0 N–H and O–H groups in total. The lowest BCUT2D eigenvalue weighted by molar-refractivity contribution is -0.137. The van der Waals surface area contributed by atoms with Crippen molar-refractivity contribution < 1.29 is 17.9 Å². The van der Waals surface area contributed by atoms with Crippen LogP contribution in [0.15, 0.2) is 42.5 Å². The molecule has 0 fully saturated rings. The Morgan fingerprint density at radius 2 is 1.75 bits per heavy atom. The predicted octanol–water partition coefficient (Wildman–Crippen LogP) is 5.02. The first-order valence-corrected chi connectivity index (χ1v) is 5.83. The lowest BCUT2D eigenvalue weighted by Gasteiger charge is -2.11. The van der Waals surface area contributed by atoms with E-state index < -0.39 is 17.3 Å². The fraction of sp³-hybridized carbons (Fsp3) is 0.0714. The molecule has 2 aromatic carbocycles. The molecule has 102 valence electrons. The van der Waals surface area contributed by atoms with Crippen molar-refractivity contribution in [1.82, 2.24) is 0 Å². The molecule has 0 aliphatic carbocycles. The number of alkyl halides is 3. The third kappa shape index (κ3) is 3.22. The summed E-state index contributed by atoms with van der Waals surface area (Å²) in [6.45, 7) is 0. The normalized spacial score (nSPS) is 10.9. The maximum Gasteiger partial charge on any atom is 0.417 e. The molecule has 0 atom stereocenters. The summed E-state index contributed by atoms with van der Waals surface area (Å²) in [5, 5.41) is 9.10. The monoisotopic (exact) mass is 297 g/mol. The molecule has 2 nitrogen and oxygen atoms in total. The van der Waals surface area contributed by atoms with Crippen molar-refractivity contribution >= 4 is 11.6 Å². The zero-order valence-corrected chi connectivity index (χ0v) is 10.7. The standard InChI is InChI=1S/C14H7ClF3NO/c15-10-2-1-3-11(6-10)20-12-5-4-9(8-19)13(7-12)14(16,17)18/h1-7H. The fourth-order valence-electron chi connectivity index (χ4n) is 1.59. The molecule has 0 spiro atoms. The van der Waals surface area contributed by atoms with Crippen LogP contribution in [0.25, 0.3) is 0 Å². The lowest BCUT2D eigenvalue weighted by Crippen LogP contribution is -2.07. The summed E-state index contributed by atoms with van der Waals surface area (Å²) < 4.78 is 43.7. The average molecular weight is 298 g/mol. The molecule has 0 aliphatic heterocycles. The Morgan fingerprint density at radius 1 is 1.05 bits per heavy atom. The van der Waals surface area contributed by atoms with Crippen LogP contribution in [0, 0.1) is 11.3 Å². The first-order chi connectivity index (χ1) is 9.40. The lowest BCUT2D eigenvalue weighted by atomic mass is 10.1. The van der Waals surface area contributed by atoms with Gasteiger partial charge in [0.15, 0.2) is 0 Å². The predicted molar refractivity (Wildman–Crippen MR) is 67.7 cm³/mol. The number of ether oxygens (including phenoxy) is 1. The van der Waals surface area contributed by atoms with Gasteiger partial charge in [0.1, 0.15) is 11.5 Å². The third-order valence-corrected chi connectivity index (χ3v) is 2.68. The highest BCUT2D eigenvalue weighted by Gasteiger charge is 2.34. The quantitative estimate of drug-likeness (QED) is 0.779. The molecule has 6 heteroatoms. The van der Waals surface area contributed by atoms with E-state index in [1.54, 1.807) is 18.2 Å². The van der Waals surface area contributed by atoms with Gasteiger partial charge in [0, 0.05) is 5.02 Å². The van der Waals surface area contributed by atoms with Crippen molar-refractivity contribution in [2.75, 3.05) is 0 Å². The fourth-order valence-corrected chi connectivity index (χ4v) is 1.77. The van der Waals surface area contributed by atoms with E-state index in [0.29, 0.717) is 10.8 Å². The van der Waals surface area contributed by atoms with Crippen molar-refractivity contribution in [3.63, 3.8) is 0 Å². The second-order valence-corrected chi connectivity index (χ2v) is 4.31. The highest BCUT2D eigenvalue weighted by molar-refractivity contribution is 6.30. The van der Waals surface area contributed by atoms with Gasteiger partial charge in [-0.3, -0.25) is 0 Å². The van der Waals surface area contributed by atoms with E-state index in [1.807, 2.05) is 0 Å². The van der Waals surface area contributed by atoms with E-state index in [0.717, 1.165) is 12.1 Å². The largest absolute Gasteiger partial charge is 0.457 e. The van der Waals surface area contributed by atoms with Crippen LogP contribution in [-0.2, 0) is 6.18 Å². The number of hydrogen-bond acceptors (Lipinski definition) is 2. The molecule has 0 saturated carbocycles. The molecule has 2 rings (SSSR count). The van der Waals surface area contributed by atoms with Crippen molar-refractivity contribution in [2.45, 2.75) is 6.18 Å². The second kappa shape index (κ2) is 5.43. The first kappa shape index (κ1) is 14.2. The third-order valence-electron chi connectivity index (χ3n) is 2.45. The highest BCUT2D eigenvalue weighted by atomic mass is 35.5. The van der Waals surface area contributed by atoms with Crippen LogP contribution in [0.5, 0.6) is 11.5 Å². The van der Waals surface area contributed by atoms with Gasteiger partial charge in [0.2, 0.25) is 0 Å². The zero-order valence-electron chi connectivity index (χ0n) is 9.91. The molecule has 0 bridgehead atoms. The van der Waals surface area contributed by atoms with E-state index >= 15 is 0 Å². The second-order valence-electron chi connectivity index (χ2n) is 3.88. The number of benzene rings is 2. The molecule has 0 radical (unpaired) electrons. The number of hydrogen-bond donors (Lipinski definition) is 0. The minimum Gasteiger partial charge on any atom is -0.457 e. The highest BCUT2D eigenvalue weighted by Crippen LogP contribution is 2.35. The summed E-state index contributed by atoms with van der Waals surface area (Å²) in [5.74, 6) is 0.300. The molecule has 0 unspecified atom stereocenters. The van der Waals surface area contributed by atoms with E-state index in [9.17, 15) is 13.2 Å². The Kier molecular flexibility index (Phi) is 3.86. The van der Waals surface area contributed by atoms with Crippen LogP contribution >= 0.6 is 11.6 Å². The SMILES string of the molecule is N#Cc1ccc(Oc2cccc(Cl)c2)cc1C(F)(F)F. The van der Waals surface area contributed by atoms with Gasteiger partial charge in [-0.1, -0.05) is 17.7 Å². The summed E-state index contributed by atoms with van der Waals surface area (Å²) in [7, 11) is 0. The van der Waals surface area contributed by atoms with Gasteiger partial charge in [-0.05, 0) is 36.4 Å². The molecule has 0 saturated heterocycles. The molecular formula is C14H7ClF3NO. The van der Waals surface area contributed by atoms with Gasteiger partial charge in [-0.15, -0.1) is 0 Å². The molecule has 0 amide bonds. The molecule has 0 aliphatic rings. The van der Waals surface area contributed by atoms with Crippen LogP contribution < -0.4 is 4.74 Å². The van der Waals surface area contributed by atoms with Gasteiger partial charge in [0.25, 0.3) is 0 Å². The maximum atomic E-state index is 12.8. The Labute approximate surface area is 118 Å². The number of rotatable bonds is 2. The van der Waals surface area contributed by atoms with Crippen LogP contribution in [0.1, 0.15) is 11.1 Å². The van der Waals surface area contributed by atoms with E-state index in [2.05, 4.69) is 0 Å². The van der Waals surface area contributed by atoms with Gasteiger partial charge in [0.05, 0.1) is 17.2 Å².